The number of hydrogen-bond acceptors (Lipinski definition) is 7. The third-order valence-electron chi connectivity index (χ3n) is 2.71. The van der Waals surface area contributed by atoms with Gasteiger partial charge in [0.15, 0.2) is 6.61 Å². The summed E-state index contributed by atoms with van der Waals surface area (Å²) >= 11 is 5.75. The molecule has 24 heavy (non-hydrogen) atoms. The SMILES string of the molecule is O=C(COc1cccnc1[N+](=O)[O-])Nc1cc(Cl)ccc1[N+](=O)[O-]. The van der Waals surface area contributed by atoms with Gasteiger partial charge in [0.05, 0.1) is 4.92 Å². The van der Waals surface area contributed by atoms with Crippen molar-refractivity contribution in [3.8, 4) is 5.75 Å². The average molecular weight is 353 g/mol. The number of nitrogens with zero attached hydrogens (tertiary/aromatic N) is 3. The molecule has 0 aliphatic heterocycles. The summed E-state index contributed by atoms with van der Waals surface area (Å²) in [7, 11) is 0. The van der Waals surface area contributed by atoms with Crippen molar-refractivity contribution >= 4 is 34.7 Å². The predicted molar refractivity (Wildman–Crippen MR) is 83.1 cm³/mol. The van der Waals surface area contributed by atoms with E-state index in [4.69, 9.17) is 16.3 Å². The molecule has 1 aromatic carbocycles. The number of carbonyl (C=O) groups excluding carboxylic acids is 1. The van der Waals surface area contributed by atoms with Crippen LogP contribution in [0.25, 0.3) is 0 Å². The highest BCUT2D eigenvalue weighted by molar-refractivity contribution is 6.31. The lowest BCUT2D eigenvalue weighted by Crippen LogP contribution is -2.21. The molecule has 0 atom stereocenters. The Labute approximate surface area is 139 Å². The van der Waals surface area contributed by atoms with E-state index in [-0.39, 0.29) is 22.1 Å². The third-order valence-corrected chi connectivity index (χ3v) is 2.95. The molecule has 0 radical (unpaired) electrons. The Morgan fingerprint density at radius 2 is 2.00 bits per heavy atom. The summed E-state index contributed by atoms with van der Waals surface area (Å²) in [5.74, 6) is -1.49. The van der Waals surface area contributed by atoms with Gasteiger partial charge in [0.25, 0.3) is 11.6 Å². The number of benzene rings is 1. The lowest BCUT2D eigenvalue weighted by molar-refractivity contribution is -0.390. The molecule has 10 nitrogen and oxygen atoms in total. The molecule has 2 aromatic rings. The van der Waals surface area contributed by atoms with Crippen LogP contribution in [0, 0.1) is 20.2 Å². The van der Waals surface area contributed by atoms with E-state index in [0.29, 0.717) is 0 Å². The Morgan fingerprint density at radius 1 is 1.25 bits per heavy atom. The number of anilines is 1. The van der Waals surface area contributed by atoms with Crippen LogP contribution in [0.2, 0.25) is 5.02 Å². The van der Waals surface area contributed by atoms with E-state index < -0.39 is 28.2 Å². The van der Waals surface area contributed by atoms with Gasteiger partial charge in [0.2, 0.25) is 5.75 Å². The molecular formula is C13H9ClN4O6. The highest BCUT2D eigenvalue weighted by Crippen LogP contribution is 2.28. The molecule has 0 saturated carbocycles. The van der Waals surface area contributed by atoms with Crippen LogP contribution in [0.15, 0.2) is 36.5 Å². The van der Waals surface area contributed by atoms with Crippen molar-refractivity contribution in [3.63, 3.8) is 0 Å². The van der Waals surface area contributed by atoms with E-state index >= 15 is 0 Å². The van der Waals surface area contributed by atoms with Crippen LogP contribution in [-0.2, 0) is 4.79 Å². The van der Waals surface area contributed by atoms with Crippen molar-refractivity contribution in [2.45, 2.75) is 0 Å². The number of aromatic nitrogens is 1. The molecule has 1 amide bonds. The second-order valence-corrected chi connectivity index (χ2v) is 4.77. The lowest BCUT2D eigenvalue weighted by atomic mass is 10.2. The fourth-order valence-electron chi connectivity index (χ4n) is 1.73. The summed E-state index contributed by atoms with van der Waals surface area (Å²) in [6.07, 6.45) is 1.21. The van der Waals surface area contributed by atoms with E-state index in [1.165, 1.54) is 30.5 Å². The van der Waals surface area contributed by atoms with Gasteiger partial charge in [0, 0.05) is 11.1 Å². The van der Waals surface area contributed by atoms with Crippen molar-refractivity contribution in [1.82, 2.24) is 4.98 Å². The van der Waals surface area contributed by atoms with Crippen molar-refractivity contribution in [3.05, 3.63) is 61.8 Å². The largest absolute Gasteiger partial charge is 0.476 e. The molecule has 2 rings (SSSR count). The fourth-order valence-corrected chi connectivity index (χ4v) is 1.90. The minimum absolute atomic E-state index is 0.109. The van der Waals surface area contributed by atoms with Gasteiger partial charge in [0.1, 0.15) is 11.9 Å². The van der Waals surface area contributed by atoms with Crippen LogP contribution in [0.1, 0.15) is 0 Å². The maximum absolute atomic E-state index is 11.9. The first-order valence-corrected chi connectivity index (χ1v) is 6.72. The molecule has 11 heteroatoms. The van der Waals surface area contributed by atoms with Crippen LogP contribution < -0.4 is 10.1 Å². The molecular weight excluding hydrogens is 344 g/mol. The Balaban J connectivity index is 2.09. The van der Waals surface area contributed by atoms with E-state index in [9.17, 15) is 25.0 Å². The zero-order valence-corrected chi connectivity index (χ0v) is 12.6. The van der Waals surface area contributed by atoms with E-state index in [0.717, 1.165) is 6.07 Å². The average Bonchev–Trinajstić information content (AvgIpc) is 2.53. The smallest absolute Gasteiger partial charge is 0.406 e. The molecule has 0 aliphatic carbocycles. The molecule has 0 aliphatic rings. The van der Waals surface area contributed by atoms with Crippen molar-refractivity contribution in [1.29, 1.82) is 0 Å². The van der Waals surface area contributed by atoms with Gasteiger partial charge in [-0.2, -0.15) is 0 Å². The summed E-state index contributed by atoms with van der Waals surface area (Å²) in [6.45, 7) is -0.601. The van der Waals surface area contributed by atoms with E-state index in [2.05, 4.69) is 10.3 Å². The second kappa shape index (κ2) is 7.33. The molecule has 0 unspecified atom stereocenters. The van der Waals surface area contributed by atoms with Crippen LogP contribution in [-0.4, -0.2) is 27.3 Å². The molecule has 1 heterocycles. The molecule has 0 saturated heterocycles. The van der Waals surface area contributed by atoms with E-state index in [1.54, 1.807) is 0 Å². The van der Waals surface area contributed by atoms with Crippen LogP contribution in [0.5, 0.6) is 5.75 Å². The summed E-state index contributed by atoms with van der Waals surface area (Å²) in [4.78, 5) is 35.6. The molecule has 124 valence electrons. The first kappa shape index (κ1) is 17.1. The molecule has 0 fully saturated rings. The topological polar surface area (TPSA) is 138 Å². The molecule has 0 spiro atoms. The molecule has 0 bridgehead atoms. The number of rotatable bonds is 6. The van der Waals surface area contributed by atoms with Crippen LogP contribution in [0.3, 0.4) is 0 Å². The number of nitro groups is 2. The number of ether oxygens (including phenoxy) is 1. The van der Waals surface area contributed by atoms with E-state index in [1.807, 2.05) is 0 Å². The Morgan fingerprint density at radius 3 is 2.67 bits per heavy atom. The number of nitro benzene ring substituents is 1. The van der Waals surface area contributed by atoms with Gasteiger partial charge < -0.3 is 20.2 Å². The van der Waals surface area contributed by atoms with Crippen molar-refractivity contribution < 1.29 is 19.4 Å². The number of carbonyl (C=O) groups is 1. The maximum atomic E-state index is 11.9. The first-order valence-electron chi connectivity index (χ1n) is 6.34. The van der Waals surface area contributed by atoms with Gasteiger partial charge in [-0.15, -0.1) is 0 Å². The van der Waals surface area contributed by atoms with Crippen LogP contribution >= 0.6 is 11.6 Å². The first-order chi connectivity index (χ1) is 11.4. The summed E-state index contributed by atoms with van der Waals surface area (Å²) in [5, 5.41) is 24.2. The van der Waals surface area contributed by atoms with Gasteiger partial charge in [-0.3, -0.25) is 14.9 Å². The Bertz CT molecular complexity index is 813. The summed E-state index contributed by atoms with van der Waals surface area (Å²) < 4.78 is 5.04. The fraction of sp³-hybridized carbons (Fsp3) is 0.0769. The number of amides is 1. The Kier molecular flexibility index (Phi) is 5.22. The monoisotopic (exact) mass is 352 g/mol. The number of pyridine rings is 1. The number of hydrogen-bond donors (Lipinski definition) is 1. The quantitative estimate of drug-likeness (QED) is 0.622. The van der Waals surface area contributed by atoms with Gasteiger partial charge >= 0.3 is 5.82 Å². The molecule has 1 aromatic heterocycles. The van der Waals surface area contributed by atoms with Crippen molar-refractivity contribution in [2.75, 3.05) is 11.9 Å². The zero-order valence-electron chi connectivity index (χ0n) is 11.8. The van der Waals surface area contributed by atoms with Gasteiger partial charge in [-0.05, 0) is 34.2 Å². The Hall–Kier alpha value is -3.27. The summed E-state index contributed by atoms with van der Waals surface area (Å²) in [6, 6.07) is 6.35. The highest BCUT2D eigenvalue weighted by atomic mass is 35.5. The third kappa shape index (κ3) is 4.14. The number of halogens is 1. The lowest BCUT2D eigenvalue weighted by Gasteiger charge is -2.08. The molecule has 1 N–H and O–H groups in total. The maximum Gasteiger partial charge on any atom is 0.406 e. The van der Waals surface area contributed by atoms with Gasteiger partial charge in [-0.1, -0.05) is 11.6 Å². The minimum atomic E-state index is -0.755. The van der Waals surface area contributed by atoms with Crippen LogP contribution in [0.4, 0.5) is 17.2 Å². The highest BCUT2D eigenvalue weighted by Gasteiger charge is 2.19. The zero-order chi connectivity index (χ0) is 17.7. The second-order valence-electron chi connectivity index (χ2n) is 4.34. The van der Waals surface area contributed by atoms with Crippen molar-refractivity contribution in [2.24, 2.45) is 0 Å². The predicted octanol–water partition coefficient (Wildman–Crippen LogP) is 2.57. The normalized spacial score (nSPS) is 10.0. The standard InChI is InChI=1S/C13H9ClN4O6/c14-8-3-4-10(17(20)21)9(6-8)16-12(19)7-24-11-2-1-5-15-13(11)18(22)23/h1-6H,7H2,(H,16,19). The minimum Gasteiger partial charge on any atom is -0.476 e. The van der Waals surface area contributed by atoms with Gasteiger partial charge in [-0.25, -0.2) is 0 Å². The number of nitrogens with one attached hydrogen (secondary N) is 1. The summed E-state index contributed by atoms with van der Waals surface area (Å²) in [5.41, 5.74) is -0.457.